The summed E-state index contributed by atoms with van der Waals surface area (Å²) in [6, 6.07) is 32.2. The van der Waals surface area contributed by atoms with E-state index >= 15 is 0 Å². The van der Waals surface area contributed by atoms with E-state index in [0.717, 1.165) is 5.69 Å². The zero-order chi connectivity index (χ0) is 19.1. The SMILES string of the molecule is Cc1cccc(C)c1Nc1cccc2c1c1ccccc1n2-c1ccccc1. The molecule has 0 amide bonds. The van der Waals surface area contributed by atoms with E-state index in [1.165, 1.54) is 44.3 Å². The Balaban J connectivity index is 1.82. The molecule has 1 heterocycles. The van der Waals surface area contributed by atoms with Crippen LogP contribution in [0.5, 0.6) is 0 Å². The number of hydrogen-bond donors (Lipinski definition) is 1. The molecule has 4 aromatic carbocycles. The molecule has 0 fully saturated rings. The fourth-order valence-corrected chi connectivity index (χ4v) is 4.13. The van der Waals surface area contributed by atoms with Crippen molar-refractivity contribution in [3.8, 4) is 5.69 Å². The van der Waals surface area contributed by atoms with E-state index in [9.17, 15) is 0 Å². The van der Waals surface area contributed by atoms with Gasteiger partial charge in [-0.3, -0.25) is 0 Å². The minimum atomic E-state index is 1.14. The van der Waals surface area contributed by atoms with Gasteiger partial charge in [-0.25, -0.2) is 0 Å². The van der Waals surface area contributed by atoms with Gasteiger partial charge in [-0.05, 0) is 55.3 Å². The second-order valence-electron chi connectivity index (χ2n) is 7.28. The highest BCUT2D eigenvalue weighted by atomic mass is 15.0. The van der Waals surface area contributed by atoms with Crippen molar-refractivity contribution >= 4 is 33.2 Å². The predicted molar refractivity (Wildman–Crippen MR) is 120 cm³/mol. The van der Waals surface area contributed by atoms with Gasteiger partial charge >= 0.3 is 0 Å². The van der Waals surface area contributed by atoms with E-state index in [1.54, 1.807) is 0 Å². The van der Waals surface area contributed by atoms with Crippen LogP contribution in [-0.2, 0) is 0 Å². The Bertz CT molecular complexity index is 1280. The van der Waals surface area contributed by atoms with Gasteiger partial charge in [0, 0.05) is 27.8 Å². The van der Waals surface area contributed by atoms with Gasteiger partial charge in [-0.15, -0.1) is 0 Å². The van der Waals surface area contributed by atoms with Crippen LogP contribution in [0, 0.1) is 13.8 Å². The number of hydrogen-bond acceptors (Lipinski definition) is 1. The highest BCUT2D eigenvalue weighted by Gasteiger charge is 2.15. The van der Waals surface area contributed by atoms with E-state index in [0.29, 0.717) is 0 Å². The van der Waals surface area contributed by atoms with Crippen molar-refractivity contribution in [1.29, 1.82) is 0 Å². The number of rotatable bonds is 3. The summed E-state index contributed by atoms with van der Waals surface area (Å²) in [5.41, 5.74) is 8.45. The molecule has 0 bridgehead atoms. The molecule has 0 saturated carbocycles. The van der Waals surface area contributed by atoms with Crippen molar-refractivity contribution in [2.45, 2.75) is 13.8 Å². The summed E-state index contributed by atoms with van der Waals surface area (Å²) in [5.74, 6) is 0. The molecule has 0 aliphatic rings. The topological polar surface area (TPSA) is 17.0 Å². The van der Waals surface area contributed by atoms with Crippen LogP contribution in [-0.4, -0.2) is 4.57 Å². The van der Waals surface area contributed by atoms with Gasteiger partial charge in [0.25, 0.3) is 0 Å². The van der Waals surface area contributed by atoms with Crippen molar-refractivity contribution in [2.24, 2.45) is 0 Å². The number of fused-ring (bicyclic) bond motifs is 3. The zero-order valence-corrected chi connectivity index (χ0v) is 16.1. The first-order valence-electron chi connectivity index (χ1n) is 9.65. The van der Waals surface area contributed by atoms with Gasteiger partial charge in [-0.2, -0.15) is 0 Å². The standard InChI is InChI=1S/C26H22N2/c1-18-10-8-11-19(2)26(18)27-22-15-9-17-24-25(22)21-14-6-7-16-23(21)28(24)20-12-4-3-5-13-20/h3-17,27H,1-2H3. The normalized spacial score (nSPS) is 11.2. The van der Waals surface area contributed by atoms with Crippen LogP contribution >= 0.6 is 0 Å². The third-order valence-corrected chi connectivity index (χ3v) is 5.45. The van der Waals surface area contributed by atoms with Crippen LogP contribution < -0.4 is 5.32 Å². The highest BCUT2D eigenvalue weighted by molar-refractivity contribution is 6.15. The maximum absolute atomic E-state index is 3.73. The quantitative estimate of drug-likeness (QED) is 0.361. The predicted octanol–water partition coefficient (Wildman–Crippen LogP) is 7.14. The molecule has 0 spiro atoms. The summed E-state index contributed by atoms with van der Waals surface area (Å²) < 4.78 is 2.35. The lowest BCUT2D eigenvalue weighted by atomic mass is 10.1. The Morgan fingerprint density at radius 1 is 0.607 bits per heavy atom. The third-order valence-electron chi connectivity index (χ3n) is 5.45. The molecule has 28 heavy (non-hydrogen) atoms. The summed E-state index contributed by atoms with van der Waals surface area (Å²) >= 11 is 0. The van der Waals surface area contributed by atoms with Gasteiger partial charge < -0.3 is 9.88 Å². The van der Waals surface area contributed by atoms with Crippen LogP contribution in [0.15, 0.2) is 91.0 Å². The van der Waals surface area contributed by atoms with Crippen LogP contribution in [0.3, 0.4) is 0 Å². The van der Waals surface area contributed by atoms with Crippen LogP contribution in [0.1, 0.15) is 11.1 Å². The van der Waals surface area contributed by atoms with Gasteiger partial charge in [0.15, 0.2) is 0 Å². The minimum absolute atomic E-state index is 1.14. The first kappa shape index (κ1) is 16.6. The second-order valence-corrected chi connectivity index (χ2v) is 7.28. The molecule has 0 aliphatic carbocycles. The molecule has 0 atom stereocenters. The molecule has 0 saturated heterocycles. The van der Waals surface area contributed by atoms with Gasteiger partial charge in [-0.1, -0.05) is 60.7 Å². The molecule has 2 nitrogen and oxygen atoms in total. The maximum atomic E-state index is 3.73. The molecule has 0 aliphatic heterocycles. The molecule has 5 rings (SSSR count). The van der Waals surface area contributed by atoms with E-state index in [2.05, 4.69) is 115 Å². The van der Waals surface area contributed by atoms with Crippen molar-refractivity contribution in [2.75, 3.05) is 5.32 Å². The molecule has 1 aromatic heterocycles. The number of nitrogens with zero attached hydrogens (tertiary/aromatic N) is 1. The van der Waals surface area contributed by atoms with Crippen molar-refractivity contribution in [3.05, 3.63) is 102 Å². The Labute approximate surface area is 165 Å². The molecular weight excluding hydrogens is 340 g/mol. The lowest BCUT2D eigenvalue weighted by molar-refractivity contribution is 1.18. The number of aromatic nitrogens is 1. The molecular formula is C26H22N2. The van der Waals surface area contributed by atoms with Gasteiger partial charge in [0.05, 0.1) is 11.0 Å². The molecule has 5 aromatic rings. The number of para-hydroxylation sites is 3. The first-order valence-corrected chi connectivity index (χ1v) is 9.65. The van der Waals surface area contributed by atoms with Gasteiger partial charge in [0.1, 0.15) is 0 Å². The van der Waals surface area contributed by atoms with E-state index in [-0.39, 0.29) is 0 Å². The molecule has 136 valence electrons. The van der Waals surface area contributed by atoms with E-state index in [1.807, 2.05) is 0 Å². The summed E-state index contributed by atoms with van der Waals surface area (Å²) in [6.45, 7) is 4.31. The molecule has 1 N–H and O–H groups in total. The third kappa shape index (κ3) is 2.57. The minimum Gasteiger partial charge on any atom is -0.355 e. The summed E-state index contributed by atoms with van der Waals surface area (Å²) in [5, 5.41) is 6.24. The number of anilines is 2. The molecule has 2 heteroatoms. The van der Waals surface area contributed by atoms with Crippen molar-refractivity contribution in [3.63, 3.8) is 0 Å². The van der Waals surface area contributed by atoms with Crippen LogP contribution in [0.4, 0.5) is 11.4 Å². The Kier molecular flexibility index (Phi) is 3.91. The highest BCUT2D eigenvalue weighted by Crippen LogP contribution is 2.38. The van der Waals surface area contributed by atoms with Crippen molar-refractivity contribution < 1.29 is 0 Å². The summed E-state index contributed by atoms with van der Waals surface area (Å²) in [4.78, 5) is 0. The lowest BCUT2D eigenvalue weighted by Gasteiger charge is -2.14. The first-order chi connectivity index (χ1) is 13.7. The van der Waals surface area contributed by atoms with Gasteiger partial charge in [0.2, 0.25) is 0 Å². The second kappa shape index (κ2) is 6.58. The van der Waals surface area contributed by atoms with E-state index in [4.69, 9.17) is 0 Å². The summed E-state index contributed by atoms with van der Waals surface area (Å²) in [6.07, 6.45) is 0. The van der Waals surface area contributed by atoms with E-state index < -0.39 is 0 Å². The van der Waals surface area contributed by atoms with Crippen molar-refractivity contribution in [1.82, 2.24) is 4.57 Å². The van der Waals surface area contributed by atoms with Crippen LogP contribution in [0.2, 0.25) is 0 Å². The van der Waals surface area contributed by atoms with Crippen LogP contribution in [0.25, 0.3) is 27.5 Å². The Hall–Kier alpha value is -3.52. The molecule has 0 unspecified atom stereocenters. The lowest BCUT2D eigenvalue weighted by Crippen LogP contribution is -1.97. The smallest absolute Gasteiger partial charge is 0.0562 e. The fraction of sp³-hybridized carbons (Fsp3) is 0.0769. The Morgan fingerprint density at radius 2 is 1.25 bits per heavy atom. The maximum Gasteiger partial charge on any atom is 0.0562 e. The molecule has 0 radical (unpaired) electrons. The number of aryl methyl sites for hydroxylation is 2. The summed E-state index contributed by atoms with van der Waals surface area (Å²) in [7, 11) is 0. The fourth-order valence-electron chi connectivity index (χ4n) is 4.13. The largest absolute Gasteiger partial charge is 0.355 e. The monoisotopic (exact) mass is 362 g/mol. The number of benzene rings is 4. The average Bonchev–Trinajstić information content (AvgIpc) is 3.07. The number of nitrogens with one attached hydrogen (secondary N) is 1. The average molecular weight is 362 g/mol. The zero-order valence-electron chi connectivity index (χ0n) is 16.1. The Morgan fingerprint density at radius 3 is 2.04 bits per heavy atom.